The van der Waals surface area contributed by atoms with E-state index in [2.05, 4.69) is 5.32 Å². The first-order valence-corrected chi connectivity index (χ1v) is 6.58. The van der Waals surface area contributed by atoms with Crippen molar-refractivity contribution >= 4 is 0 Å². The van der Waals surface area contributed by atoms with Crippen LogP contribution in [0.2, 0.25) is 0 Å². The maximum atomic E-state index is 10.6. The van der Waals surface area contributed by atoms with E-state index in [9.17, 15) is 5.11 Å². The lowest BCUT2D eigenvalue weighted by atomic mass is 9.89. The van der Waals surface area contributed by atoms with Gasteiger partial charge in [-0.1, -0.05) is 6.07 Å². The van der Waals surface area contributed by atoms with Crippen molar-refractivity contribution in [1.29, 1.82) is 0 Å². The predicted octanol–water partition coefficient (Wildman–Crippen LogP) is 1.84. The third-order valence-electron chi connectivity index (χ3n) is 3.29. The van der Waals surface area contributed by atoms with E-state index >= 15 is 0 Å². The van der Waals surface area contributed by atoms with Crippen molar-refractivity contribution in [1.82, 2.24) is 5.32 Å². The van der Waals surface area contributed by atoms with Gasteiger partial charge in [0.25, 0.3) is 0 Å². The first-order chi connectivity index (χ1) is 9.01. The molecule has 0 heterocycles. The van der Waals surface area contributed by atoms with Crippen LogP contribution in [0.1, 0.15) is 24.5 Å². The Labute approximate surface area is 115 Å². The van der Waals surface area contributed by atoms with Crippen LogP contribution in [0.25, 0.3) is 0 Å². The normalized spacial score (nSPS) is 14.2. The fourth-order valence-electron chi connectivity index (χ4n) is 2.13. The molecule has 0 saturated heterocycles. The molecule has 1 aromatic rings. The average molecular weight is 267 g/mol. The molecule has 4 heteroatoms. The lowest BCUT2D eigenvalue weighted by Gasteiger charge is -2.26. The minimum atomic E-state index is -0.837. The van der Waals surface area contributed by atoms with Gasteiger partial charge < -0.3 is 19.9 Å². The van der Waals surface area contributed by atoms with Crippen molar-refractivity contribution in [2.75, 3.05) is 33.9 Å². The summed E-state index contributed by atoms with van der Waals surface area (Å²) >= 11 is 0. The summed E-state index contributed by atoms with van der Waals surface area (Å²) < 4.78 is 10.1. The second-order valence-corrected chi connectivity index (χ2v) is 4.95. The van der Waals surface area contributed by atoms with Gasteiger partial charge in [0.1, 0.15) is 5.75 Å². The van der Waals surface area contributed by atoms with Crippen LogP contribution in [-0.2, 0) is 10.3 Å². The molecule has 1 atom stereocenters. The van der Waals surface area contributed by atoms with Crippen molar-refractivity contribution in [3.05, 3.63) is 29.3 Å². The first kappa shape index (κ1) is 16.0. The molecule has 0 aliphatic heterocycles. The molecular weight excluding hydrogens is 242 g/mol. The van der Waals surface area contributed by atoms with Gasteiger partial charge in [-0.05, 0) is 50.1 Å². The summed E-state index contributed by atoms with van der Waals surface area (Å²) in [6.45, 7) is 6.07. The summed E-state index contributed by atoms with van der Waals surface area (Å²) in [6.07, 6.45) is 0.657. The Morgan fingerprint density at radius 1 is 1.26 bits per heavy atom. The Bertz CT molecular complexity index is 391. The number of rotatable bonds is 8. The standard InChI is InChI=1S/C15H25NO3/c1-12-11-13(19-4)5-6-14(12)15(2,17)7-8-16-9-10-18-3/h5-6,11,16-17H,7-10H2,1-4H3. The molecule has 0 amide bonds. The van der Waals surface area contributed by atoms with Gasteiger partial charge in [0.15, 0.2) is 0 Å². The molecule has 1 rings (SSSR count). The van der Waals surface area contributed by atoms with Gasteiger partial charge in [-0.3, -0.25) is 0 Å². The van der Waals surface area contributed by atoms with Crippen LogP contribution in [0.15, 0.2) is 18.2 Å². The summed E-state index contributed by atoms with van der Waals surface area (Å²) in [7, 11) is 3.32. The van der Waals surface area contributed by atoms with E-state index in [1.54, 1.807) is 14.2 Å². The smallest absolute Gasteiger partial charge is 0.119 e. The van der Waals surface area contributed by atoms with Crippen molar-refractivity contribution in [2.24, 2.45) is 0 Å². The SMILES string of the molecule is COCCNCCC(C)(O)c1ccc(OC)cc1C. The molecule has 0 radical (unpaired) electrons. The number of hydrogen-bond donors (Lipinski definition) is 2. The van der Waals surface area contributed by atoms with Crippen LogP contribution in [0, 0.1) is 6.92 Å². The second kappa shape index (κ2) is 7.48. The number of aryl methyl sites for hydroxylation is 1. The Kier molecular flexibility index (Phi) is 6.28. The molecule has 19 heavy (non-hydrogen) atoms. The van der Waals surface area contributed by atoms with E-state index in [4.69, 9.17) is 9.47 Å². The van der Waals surface area contributed by atoms with Crippen molar-refractivity contribution in [3.63, 3.8) is 0 Å². The highest BCUT2D eigenvalue weighted by atomic mass is 16.5. The molecule has 4 nitrogen and oxygen atoms in total. The Hall–Kier alpha value is -1.10. The van der Waals surface area contributed by atoms with Gasteiger partial charge in [0.2, 0.25) is 0 Å². The summed E-state index contributed by atoms with van der Waals surface area (Å²) in [5, 5.41) is 13.8. The van der Waals surface area contributed by atoms with Crippen molar-refractivity contribution in [2.45, 2.75) is 25.9 Å². The summed E-state index contributed by atoms with van der Waals surface area (Å²) in [5.74, 6) is 0.815. The zero-order valence-corrected chi connectivity index (χ0v) is 12.3. The minimum absolute atomic E-state index is 0.657. The zero-order valence-electron chi connectivity index (χ0n) is 12.3. The predicted molar refractivity (Wildman–Crippen MR) is 76.7 cm³/mol. The number of hydrogen-bond acceptors (Lipinski definition) is 4. The van der Waals surface area contributed by atoms with Crippen LogP contribution in [-0.4, -0.2) is 39.0 Å². The molecule has 0 bridgehead atoms. The highest BCUT2D eigenvalue weighted by Gasteiger charge is 2.24. The molecule has 0 aromatic heterocycles. The molecular formula is C15H25NO3. The fourth-order valence-corrected chi connectivity index (χ4v) is 2.13. The Balaban J connectivity index is 2.61. The molecule has 0 spiro atoms. The molecule has 0 fully saturated rings. The summed E-state index contributed by atoms with van der Waals surface area (Å²) in [5.41, 5.74) is 1.15. The lowest BCUT2D eigenvalue weighted by molar-refractivity contribution is 0.0468. The Morgan fingerprint density at radius 3 is 2.58 bits per heavy atom. The maximum absolute atomic E-state index is 10.6. The van der Waals surface area contributed by atoms with E-state index in [0.29, 0.717) is 13.0 Å². The quantitative estimate of drug-likeness (QED) is 0.706. The van der Waals surface area contributed by atoms with Crippen LogP contribution < -0.4 is 10.1 Å². The summed E-state index contributed by atoms with van der Waals surface area (Å²) in [6, 6.07) is 5.76. The third kappa shape index (κ3) is 4.82. The largest absolute Gasteiger partial charge is 0.497 e. The fraction of sp³-hybridized carbons (Fsp3) is 0.600. The van der Waals surface area contributed by atoms with Gasteiger partial charge in [-0.2, -0.15) is 0 Å². The number of methoxy groups -OCH3 is 2. The van der Waals surface area contributed by atoms with Crippen molar-refractivity contribution < 1.29 is 14.6 Å². The third-order valence-corrected chi connectivity index (χ3v) is 3.29. The number of aliphatic hydroxyl groups is 1. The van der Waals surface area contributed by atoms with Gasteiger partial charge in [-0.15, -0.1) is 0 Å². The van der Waals surface area contributed by atoms with Crippen LogP contribution >= 0.6 is 0 Å². The van der Waals surface area contributed by atoms with E-state index in [0.717, 1.165) is 30.0 Å². The molecule has 1 aromatic carbocycles. The highest BCUT2D eigenvalue weighted by Crippen LogP contribution is 2.29. The van der Waals surface area contributed by atoms with Crippen molar-refractivity contribution in [3.8, 4) is 5.75 Å². The molecule has 0 saturated carbocycles. The van der Waals surface area contributed by atoms with Crippen LogP contribution in [0.5, 0.6) is 5.75 Å². The van der Waals surface area contributed by atoms with Gasteiger partial charge >= 0.3 is 0 Å². The first-order valence-electron chi connectivity index (χ1n) is 6.58. The van der Waals surface area contributed by atoms with E-state index in [-0.39, 0.29) is 0 Å². The topological polar surface area (TPSA) is 50.7 Å². The lowest BCUT2D eigenvalue weighted by Crippen LogP contribution is -2.30. The highest BCUT2D eigenvalue weighted by molar-refractivity contribution is 5.37. The molecule has 1 unspecified atom stereocenters. The van der Waals surface area contributed by atoms with Gasteiger partial charge in [0.05, 0.1) is 19.3 Å². The van der Waals surface area contributed by atoms with Crippen LogP contribution in [0.3, 0.4) is 0 Å². The second-order valence-electron chi connectivity index (χ2n) is 4.95. The molecule has 108 valence electrons. The number of ether oxygens (including phenoxy) is 2. The number of benzene rings is 1. The molecule has 2 N–H and O–H groups in total. The van der Waals surface area contributed by atoms with E-state index < -0.39 is 5.60 Å². The van der Waals surface area contributed by atoms with E-state index in [1.807, 2.05) is 32.0 Å². The summed E-state index contributed by atoms with van der Waals surface area (Å²) in [4.78, 5) is 0. The van der Waals surface area contributed by atoms with Crippen LogP contribution in [0.4, 0.5) is 0 Å². The average Bonchev–Trinajstić information content (AvgIpc) is 2.37. The monoisotopic (exact) mass is 267 g/mol. The van der Waals surface area contributed by atoms with E-state index in [1.165, 1.54) is 0 Å². The maximum Gasteiger partial charge on any atom is 0.119 e. The Morgan fingerprint density at radius 2 is 2.00 bits per heavy atom. The van der Waals surface area contributed by atoms with Gasteiger partial charge in [-0.25, -0.2) is 0 Å². The van der Waals surface area contributed by atoms with Gasteiger partial charge in [0, 0.05) is 13.7 Å². The zero-order chi connectivity index (χ0) is 14.3. The molecule has 0 aliphatic rings. The number of nitrogens with one attached hydrogen (secondary N) is 1. The minimum Gasteiger partial charge on any atom is -0.497 e. The molecule has 0 aliphatic carbocycles.